The number of anilines is 2. The van der Waals surface area contributed by atoms with Gasteiger partial charge in [0.15, 0.2) is 5.82 Å². The quantitative estimate of drug-likeness (QED) is 0.501. The predicted molar refractivity (Wildman–Crippen MR) is 115 cm³/mol. The zero-order valence-electron chi connectivity index (χ0n) is 16.4. The van der Waals surface area contributed by atoms with Gasteiger partial charge >= 0.3 is 0 Å². The van der Waals surface area contributed by atoms with E-state index in [0.29, 0.717) is 33.8 Å². The number of nitrogens with one attached hydrogen (secondary N) is 2. The summed E-state index contributed by atoms with van der Waals surface area (Å²) in [5.74, 6) is 0.300. The van der Waals surface area contributed by atoms with E-state index in [1.165, 1.54) is 4.31 Å². The molecule has 1 saturated carbocycles. The molecule has 1 aromatic carbocycles. The lowest BCUT2D eigenvalue weighted by atomic mass is 10.1. The number of rotatable bonds is 3. The third-order valence-electron chi connectivity index (χ3n) is 6.04. The van der Waals surface area contributed by atoms with Gasteiger partial charge in [-0.05, 0) is 49.1 Å². The van der Waals surface area contributed by atoms with E-state index in [2.05, 4.69) is 16.4 Å². The molecule has 3 aromatic rings. The monoisotopic (exact) mass is 426 g/mol. The maximum Gasteiger partial charge on any atom is 0.261 e. The Bertz CT molecular complexity index is 1240. The molecule has 2 unspecified atom stereocenters. The van der Waals surface area contributed by atoms with Crippen LogP contribution < -0.4 is 10.9 Å². The van der Waals surface area contributed by atoms with Gasteiger partial charge in [0, 0.05) is 25.5 Å². The van der Waals surface area contributed by atoms with Gasteiger partial charge in [0.2, 0.25) is 0 Å². The summed E-state index contributed by atoms with van der Waals surface area (Å²) in [5.41, 5.74) is 1.98. The Hall–Kier alpha value is -2.84. The highest BCUT2D eigenvalue weighted by atomic mass is 32.3. The molecule has 2 aliphatic rings. The molecule has 3 heterocycles. The minimum Gasteiger partial charge on any atom is -0.338 e. The SMILES string of the molecule is CN1Cc2cc(Nc3nn(C4CCCC4C#N)c4cc[nH]c(=O)c34)ccc2S1(O)O. The molecule has 156 valence electrons. The summed E-state index contributed by atoms with van der Waals surface area (Å²) < 4.78 is 23.9. The number of pyridine rings is 1. The summed E-state index contributed by atoms with van der Waals surface area (Å²) in [7, 11) is -1.26. The molecule has 2 atom stereocenters. The van der Waals surface area contributed by atoms with Crippen molar-refractivity contribution in [3.8, 4) is 6.07 Å². The van der Waals surface area contributed by atoms with Crippen LogP contribution in [-0.4, -0.2) is 35.2 Å². The Morgan fingerprint density at radius 2 is 2.17 bits per heavy atom. The molecule has 1 aliphatic carbocycles. The number of nitrogens with zero attached hydrogens (tertiary/aromatic N) is 4. The molecule has 5 rings (SSSR count). The van der Waals surface area contributed by atoms with E-state index in [1.807, 2.05) is 16.8 Å². The maximum atomic E-state index is 12.6. The van der Waals surface area contributed by atoms with Crippen LogP contribution in [-0.2, 0) is 6.54 Å². The van der Waals surface area contributed by atoms with Crippen molar-refractivity contribution >= 4 is 33.2 Å². The van der Waals surface area contributed by atoms with Crippen molar-refractivity contribution in [1.82, 2.24) is 19.1 Å². The van der Waals surface area contributed by atoms with E-state index in [9.17, 15) is 19.2 Å². The van der Waals surface area contributed by atoms with Crippen molar-refractivity contribution in [2.45, 2.75) is 36.7 Å². The highest BCUT2D eigenvalue weighted by Crippen LogP contribution is 2.58. The standard InChI is InChI=1S/C20H22N6O3S/c1-25-11-13-9-14(5-6-17(13)30(25,28)29)23-19-18-16(7-8-22-20(18)27)26(24-19)15-4-2-3-12(15)10-21/h5-9,12,15,28-29H,2-4,11H2,1H3,(H,22,27)(H,23,24). The first-order valence-corrected chi connectivity index (χ1v) is 11.3. The number of aromatic nitrogens is 3. The summed E-state index contributed by atoms with van der Waals surface area (Å²) in [6.07, 6.45) is 4.24. The predicted octanol–water partition coefficient (Wildman–Crippen LogP) is 3.80. The number of nitriles is 1. The number of H-pyrrole nitrogens is 1. The first-order chi connectivity index (χ1) is 14.4. The topological polar surface area (TPSA) is 130 Å². The van der Waals surface area contributed by atoms with Gasteiger partial charge in [-0.15, -0.1) is 10.8 Å². The lowest BCUT2D eigenvalue weighted by Crippen LogP contribution is -2.15. The van der Waals surface area contributed by atoms with Gasteiger partial charge in [0.1, 0.15) is 5.39 Å². The molecular weight excluding hydrogens is 404 g/mol. The molecule has 30 heavy (non-hydrogen) atoms. The van der Waals surface area contributed by atoms with Gasteiger partial charge < -0.3 is 10.3 Å². The van der Waals surface area contributed by atoms with E-state index in [-0.39, 0.29) is 17.5 Å². The lowest BCUT2D eigenvalue weighted by molar-refractivity contribution is 0.399. The van der Waals surface area contributed by atoms with Crippen LogP contribution in [0.15, 0.2) is 40.2 Å². The summed E-state index contributed by atoms with van der Waals surface area (Å²) in [6, 6.07) is 9.43. The summed E-state index contributed by atoms with van der Waals surface area (Å²) in [6.45, 7) is 0.425. The van der Waals surface area contributed by atoms with Crippen molar-refractivity contribution in [2.75, 3.05) is 12.4 Å². The minimum atomic E-state index is -2.93. The summed E-state index contributed by atoms with van der Waals surface area (Å²) in [5, 5.41) is 17.9. The Morgan fingerprint density at radius 1 is 1.33 bits per heavy atom. The van der Waals surface area contributed by atoms with E-state index in [4.69, 9.17) is 5.10 Å². The van der Waals surface area contributed by atoms with Crippen LogP contribution in [0.25, 0.3) is 10.9 Å². The van der Waals surface area contributed by atoms with Crippen molar-refractivity contribution in [3.05, 3.63) is 46.4 Å². The van der Waals surface area contributed by atoms with Crippen LogP contribution in [0.1, 0.15) is 30.9 Å². The number of hydrogen-bond donors (Lipinski definition) is 4. The second-order valence-electron chi connectivity index (χ2n) is 7.85. The highest BCUT2D eigenvalue weighted by Gasteiger charge is 2.33. The molecule has 0 spiro atoms. The fourth-order valence-corrected chi connectivity index (χ4v) is 5.89. The molecule has 2 aromatic heterocycles. The third kappa shape index (κ3) is 2.82. The Balaban J connectivity index is 1.57. The molecule has 10 heteroatoms. The smallest absolute Gasteiger partial charge is 0.261 e. The van der Waals surface area contributed by atoms with Crippen LogP contribution in [0.4, 0.5) is 11.5 Å². The van der Waals surface area contributed by atoms with Crippen molar-refractivity contribution in [2.24, 2.45) is 5.92 Å². The van der Waals surface area contributed by atoms with E-state index < -0.39 is 10.8 Å². The zero-order chi connectivity index (χ0) is 21.0. The van der Waals surface area contributed by atoms with Gasteiger partial charge in [-0.25, -0.2) is 4.31 Å². The number of aromatic amines is 1. The third-order valence-corrected chi connectivity index (χ3v) is 8.02. The molecule has 1 fully saturated rings. The molecule has 9 nitrogen and oxygen atoms in total. The molecule has 0 radical (unpaired) electrons. The van der Waals surface area contributed by atoms with Gasteiger partial charge in [0.25, 0.3) is 5.56 Å². The Kier molecular flexibility index (Phi) is 4.37. The maximum absolute atomic E-state index is 12.6. The average molecular weight is 427 g/mol. The average Bonchev–Trinajstić information content (AvgIpc) is 3.38. The van der Waals surface area contributed by atoms with Crippen molar-refractivity contribution < 1.29 is 9.11 Å². The molecule has 1 aliphatic heterocycles. The van der Waals surface area contributed by atoms with Crippen molar-refractivity contribution in [3.63, 3.8) is 0 Å². The van der Waals surface area contributed by atoms with Crippen LogP contribution in [0.2, 0.25) is 0 Å². The Morgan fingerprint density at radius 3 is 2.97 bits per heavy atom. The fraction of sp³-hybridized carbons (Fsp3) is 0.350. The zero-order valence-corrected chi connectivity index (χ0v) is 17.2. The van der Waals surface area contributed by atoms with Crippen LogP contribution in [0.5, 0.6) is 0 Å². The molecule has 0 amide bonds. The first kappa shape index (κ1) is 19.1. The van der Waals surface area contributed by atoms with Gasteiger partial charge in [-0.3, -0.25) is 18.6 Å². The largest absolute Gasteiger partial charge is 0.338 e. The minimum absolute atomic E-state index is 0.0588. The summed E-state index contributed by atoms with van der Waals surface area (Å²) in [4.78, 5) is 15.8. The molecular formula is C20H22N6O3S. The summed E-state index contributed by atoms with van der Waals surface area (Å²) >= 11 is 0. The number of benzene rings is 1. The van der Waals surface area contributed by atoms with Gasteiger partial charge in [-0.2, -0.15) is 10.4 Å². The van der Waals surface area contributed by atoms with Crippen LogP contribution >= 0.6 is 10.8 Å². The molecule has 0 bridgehead atoms. The van der Waals surface area contributed by atoms with Crippen LogP contribution in [0, 0.1) is 17.2 Å². The number of fused-ring (bicyclic) bond motifs is 2. The van der Waals surface area contributed by atoms with Crippen molar-refractivity contribution in [1.29, 1.82) is 5.26 Å². The second kappa shape index (κ2) is 6.85. The first-order valence-electron chi connectivity index (χ1n) is 9.79. The number of hydrogen-bond acceptors (Lipinski definition) is 7. The normalized spacial score (nSPS) is 23.9. The van der Waals surface area contributed by atoms with E-state index in [0.717, 1.165) is 24.8 Å². The van der Waals surface area contributed by atoms with E-state index >= 15 is 0 Å². The second-order valence-corrected chi connectivity index (χ2v) is 9.95. The molecule has 0 saturated heterocycles. The van der Waals surface area contributed by atoms with Gasteiger partial charge in [0.05, 0.1) is 28.4 Å². The fourth-order valence-electron chi connectivity index (χ4n) is 4.51. The highest BCUT2D eigenvalue weighted by molar-refractivity contribution is 8.22. The lowest BCUT2D eigenvalue weighted by Gasteiger charge is -2.34. The Labute approximate surface area is 174 Å². The molecule has 4 N–H and O–H groups in total. The van der Waals surface area contributed by atoms with Crippen LogP contribution in [0.3, 0.4) is 0 Å². The van der Waals surface area contributed by atoms with E-state index in [1.54, 1.807) is 25.4 Å². The van der Waals surface area contributed by atoms with Gasteiger partial charge in [-0.1, -0.05) is 0 Å².